The van der Waals surface area contributed by atoms with Crippen LogP contribution in [-0.4, -0.2) is 28.3 Å². The van der Waals surface area contributed by atoms with E-state index >= 15 is 0 Å². The van der Waals surface area contributed by atoms with Gasteiger partial charge in [0.15, 0.2) is 0 Å². The number of hydrogen-bond acceptors (Lipinski definition) is 3. The highest BCUT2D eigenvalue weighted by Gasteiger charge is 2.18. The number of rotatable bonds is 6. The zero-order valence-corrected chi connectivity index (χ0v) is 11.7. The first kappa shape index (κ1) is 14.8. The molecule has 0 aliphatic carbocycles. The van der Waals surface area contributed by atoms with Gasteiger partial charge in [0.1, 0.15) is 5.82 Å². The molecule has 0 bridgehead atoms. The zero-order chi connectivity index (χ0) is 13.8. The van der Waals surface area contributed by atoms with Gasteiger partial charge in [0, 0.05) is 14.1 Å². The molecule has 0 spiro atoms. The molecule has 0 fully saturated rings. The summed E-state index contributed by atoms with van der Waals surface area (Å²) in [5.41, 5.74) is 0.738. The Labute approximate surface area is 108 Å². The molecule has 0 amide bonds. The molecular weight excluding hydrogens is 255 g/mol. The van der Waals surface area contributed by atoms with E-state index in [1.807, 2.05) is 6.92 Å². The predicted molar refractivity (Wildman–Crippen MR) is 73.0 cm³/mol. The van der Waals surface area contributed by atoms with Gasteiger partial charge in [-0.2, -0.15) is 0 Å². The minimum absolute atomic E-state index is 0.103. The summed E-state index contributed by atoms with van der Waals surface area (Å²) in [7, 11) is -0.255. The van der Waals surface area contributed by atoms with E-state index in [4.69, 9.17) is 0 Å². The Hall–Kier alpha value is -1.30. The lowest BCUT2D eigenvalue weighted by molar-refractivity contribution is 0.590. The lowest BCUT2D eigenvalue weighted by Gasteiger charge is -2.20. The third kappa shape index (κ3) is 3.35. The molecular formula is C12H19FN2O2S. The van der Waals surface area contributed by atoms with Crippen LogP contribution < -0.4 is 9.62 Å². The molecule has 1 aromatic carbocycles. The first-order valence-electron chi connectivity index (χ1n) is 5.86. The Kier molecular flexibility index (Phi) is 4.95. The first-order valence-corrected chi connectivity index (χ1v) is 7.47. The fourth-order valence-electron chi connectivity index (χ4n) is 1.52. The van der Waals surface area contributed by atoms with Crippen molar-refractivity contribution in [3.8, 4) is 0 Å². The van der Waals surface area contributed by atoms with Crippen molar-refractivity contribution in [2.75, 3.05) is 29.5 Å². The summed E-state index contributed by atoms with van der Waals surface area (Å²) >= 11 is 0. The lowest BCUT2D eigenvalue weighted by Crippen LogP contribution is -2.29. The van der Waals surface area contributed by atoms with Gasteiger partial charge >= 0.3 is 0 Å². The van der Waals surface area contributed by atoms with Gasteiger partial charge in [-0.3, -0.25) is 4.31 Å². The van der Waals surface area contributed by atoms with E-state index < -0.39 is 15.8 Å². The number of anilines is 2. The first-order chi connectivity index (χ1) is 8.42. The molecule has 0 radical (unpaired) electrons. The standard InChI is InChI=1S/C12H19FN2O2S/c1-4-5-8-18(16,17)15(3)10-6-7-11(13)12(9-10)14-2/h6-7,9,14H,4-5,8H2,1-3H3. The van der Waals surface area contributed by atoms with Crippen molar-refractivity contribution in [1.29, 1.82) is 0 Å². The van der Waals surface area contributed by atoms with Crippen LogP contribution in [0.4, 0.5) is 15.8 Å². The molecule has 0 unspecified atom stereocenters. The summed E-state index contributed by atoms with van der Waals surface area (Å²) in [6.07, 6.45) is 1.44. The zero-order valence-electron chi connectivity index (χ0n) is 10.9. The molecule has 1 aromatic rings. The number of halogens is 1. The summed E-state index contributed by atoms with van der Waals surface area (Å²) < 4.78 is 38.5. The Bertz CT molecular complexity index is 503. The normalized spacial score (nSPS) is 11.3. The van der Waals surface area contributed by atoms with Gasteiger partial charge in [-0.05, 0) is 24.6 Å². The van der Waals surface area contributed by atoms with Crippen LogP contribution in [0.2, 0.25) is 0 Å². The smallest absolute Gasteiger partial charge is 0.234 e. The van der Waals surface area contributed by atoms with Gasteiger partial charge in [0.25, 0.3) is 0 Å². The monoisotopic (exact) mass is 274 g/mol. The predicted octanol–water partition coefficient (Wildman–Crippen LogP) is 2.43. The molecule has 1 N–H and O–H groups in total. The number of unbranched alkanes of at least 4 members (excludes halogenated alkanes) is 1. The minimum atomic E-state index is -3.33. The average Bonchev–Trinajstić information content (AvgIpc) is 2.36. The quantitative estimate of drug-likeness (QED) is 0.866. The van der Waals surface area contributed by atoms with E-state index in [9.17, 15) is 12.8 Å². The van der Waals surface area contributed by atoms with E-state index in [0.29, 0.717) is 12.1 Å². The number of sulfonamides is 1. The second kappa shape index (κ2) is 6.04. The van der Waals surface area contributed by atoms with E-state index in [0.717, 1.165) is 6.42 Å². The van der Waals surface area contributed by atoms with Gasteiger partial charge in [-0.1, -0.05) is 13.3 Å². The summed E-state index contributed by atoms with van der Waals surface area (Å²) in [6.45, 7) is 1.94. The summed E-state index contributed by atoms with van der Waals surface area (Å²) in [5, 5.41) is 2.69. The van der Waals surface area contributed by atoms with E-state index in [2.05, 4.69) is 5.32 Å². The number of hydrogen-bond donors (Lipinski definition) is 1. The van der Waals surface area contributed by atoms with Crippen LogP contribution in [0.5, 0.6) is 0 Å². The van der Waals surface area contributed by atoms with Gasteiger partial charge in [-0.15, -0.1) is 0 Å². The number of nitrogens with zero attached hydrogens (tertiary/aromatic N) is 1. The van der Waals surface area contributed by atoms with Crippen molar-refractivity contribution < 1.29 is 12.8 Å². The Balaban J connectivity index is 3.00. The third-order valence-electron chi connectivity index (χ3n) is 2.76. The average molecular weight is 274 g/mol. The molecule has 0 heterocycles. The number of benzene rings is 1. The van der Waals surface area contributed by atoms with Crippen molar-refractivity contribution in [1.82, 2.24) is 0 Å². The van der Waals surface area contributed by atoms with E-state index in [-0.39, 0.29) is 11.4 Å². The molecule has 0 atom stereocenters. The Morgan fingerprint density at radius 3 is 2.61 bits per heavy atom. The van der Waals surface area contributed by atoms with E-state index in [1.54, 1.807) is 7.05 Å². The topological polar surface area (TPSA) is 49.4 Å². The van der Waals surface area contributed by atoms with Crippen molar-refractivity contribution >= 4 is 21.4 Å². The fourth-order valence-corrected chi connectivity index (χ4v) is 2.89. The Morgan fingerprint density at radius 1 is 1.39 bits per heavy atom. The molecule has 1 rings (SSSR count). The molecule has 0 saturated heterocycles. The molecule has 0 saturated carbocycles. The van der Waals surface area contributed by atoms with Crippen LogP contribution in [0, 0.1) is 5.82 Å². The van der Waals surface area contributed by atoms with Gasteiger partial charge < -0.3 is 5.32 Å². The highest BCUT2D eigenvalue weighted by Crippen LogP contribution is 2.23. The second-order valence-corrected chi connectivity index (χ2v) is 6.17. The third-order valence-corrected chi connectivity index (χ3v) is 4.61. The second-order valence-electron chi connectivity index (χ2n) is 4.05. The summed E-state index contributed by atoms with van der Waals surface area (Å²) in [6, 6.07) is 4.20. The largest absolute Gasteiger partial charge is 0.386 e. The molecule has 4 nitrogen and oxygen atoms in total. The van der Waals surface area contributed by atoms with Crippen LogP contribution in [0.15, 0.2) is 18.2 Å². The van der Waals surface area contributed by atoms with Gasteiger partial charge in [0.2, 0.25) is 10.0 Å². The molecule has 6 heteroatoms. The highest BCUT2D eigenvalue weighted by atomic mass is 32.2. The maximum atomic E-state index is 13.3. The molecule has 102 valence electrons. The van der Waals surface area contributed by atoms with Gasteiger partial charge in [-0.25, -0.2) is 12.8 Å². The van der Waals surface area contributed by atoms with Crippen LogP contribution in [0.1, 0.15) is 19.8 Å². The van der Waals surface area contributed by atoms with Gasteiger partial charge in [0.05, 0.1) is 17.1 Å². The summed E-state index contributed by atoms with van der Waals surface area (Å²) in [4.78, 5) is 0. The maximum absolute atomic E-state index is 13.3. The van der Waals surface area contributed by atoms with Crippen molar-refractivity contribution in [2.24, 2.45) is 0 Å². The molecule has 0 aromatic heterocycles. The number of nitrogens with one attached hydrogen (secondary N) is 1. The minimum Gasteiger partial charge on any atom is -0.386 e. The van der Waals surface area contributed by atoms with Crippen LogP contribution >= 0.6 is 0 Å². The fraction of sp³-hybridized carbons (Fsp3) is 0.500. The van der Waals surface area contributed by atoms with Crippen molar-refractivity contribution in [3.63, 3.8) is 0 Å². The van der Waals surface area contributed by atoms with Crippen LogP contribution in [0.3, 0.4) is 0 Å². The summed E-state index contributed by atoms with van der Waals surface area (Å²) in [5.74, 6) is -0.299. The molecule has 18 heavy (non-hydrogen) atoms. The highest BCUT2D eigenvalue weighted by molar-refractivity contribution is 7.92. The molecule has 0 aliphatic rings. The van der Waals surface area contributed by atoms with Crippen LogP contribution in [-0.2, 0) is 10.0 Å². The van der Waals surface area contributed by atoms with Crippen LogP contribution in [0.25, 0.3) is 0 Å². The van der Waals surface area contributed by atoms with E-state index in [1.165, 1.54) is 29.6 Å². The van der Waals surface area contributed by atoms with Crippen molar-refractivity contribution in [2.45, 2.75) is 19.8 Å². The van der Waals surface area contributed by atoms with Crippen molar-refractivity contribution in [3.05, 3.63) is 24.0 Å². The molecule has 0 aliphatic heterocycles. The lowest BCUT2D eigenvalue weighted by atomic mass is 10.2. The SMILES string of the molecule is CCCCS(=O)(=O)N(C)c1ccc(F)c(NC)c1. The maximum Gasteiger partial charge on any atom is 0.234 e. The Morgan fingerprint density at radius 2 is 2.06 bits per heavy atom.